The van der Waals surface area contributed by atoms with Crippen molar-refractivity contribution in [1.82, 2.24) is 9.80 Å². The van der Waals surface area contributed by atoms with Crippen molar-refractivity contribution in [2.45, 2.75) is 37.9 Å². The molecule has 3 fully saturated rings. The van der Waals surface area contributed by atoms with Gasteiger partial charge in [-0.3, -0.25) is 9.69 Å². The van der Waals surface area contributed by atoms with Crippen LogP contribution in [0.25, 0.3) is 0 Å². The molecule has 1 aliphatic carbocycles. The zero-order valence-electron chi connectivity index (χ0n) is 8.07. The van der Waals surface area contributed by atoms with Gasteiger partial charge in [0.15, 0.2) is 0 Å². The Kier molecular flexibility index (Phi) is 1.48. The Morgan fingerprint density at radius 1 is 1.31 bits per heavy atom. The summed E-state index contributed by atoms with van der Waals surface area (Å²) in [5.41, 5.74) is 0. The third kappa shape index (κ3) is 0.966. The Morgan fingerprint density at radius 3 is 2.77 bits per heavy atom. The minimum Gasteiger partial charge on any atom is -0.328 e. The number of amides is 1. The molecular formula is C10H16N2O. The van der Waals surface area contributed by atoms with E-state index in [9.17, 15) is 4.79 Å². The molecule has 0 bridgehead atoms. The molecule has 2 atom stereocenters. The highest BCUT2D eigenvalue weighted by molar-refractivity contribution is 5.84. The second-order valence-electron chi connectivity index (χ2n) is 4.60. The molecule has 0 aromatic carbocycles. The fourth-order valence-electron chi connectivity index (χ4n) is 2.94. The van der Waals surface area contributed by atoms with Crippen molar-refractivity contribution < 1.29 is 4.79 Å². The summed E-state index contributed by atoms with van der Waals surface area (Å²) in [7, 11) is 1.98. The van der Waals surface area contributed by atoms with Crippen molar-refractivity contribution in [2.75, 3.05) is 13.6 Å². The fourth-order valence-corrected chi connectivity index (χ4v) is 2.94. The van der Waals surface area contributed by atoms with Crippen molar-refractivity contribution >= 4 is 5.91 Å². The van der Waals surface area contributed by atoms with Crippen LogP contribution in [0.5, 0.6) is 0 Å². The molecule has 0 N–H and O–H groups in total. The van der Waals surface area contributed by atoms with E-state index in [-0.39, 0.29) is 6.04 Å². The van der Waals surface area contributed by atoms with E-state index in [1.807, 2.05) is 11.9 Å². The Hall–Kier alpha value is -0.570. The molecule has 3 nitrogen and oxygen atoms in total. The summed E-state index contributed by atoms with van der Waals surface area (Å²) in [4.78, 5) is 16.2. The van der Waals surface area contributed by atoms with Gasteiger partial charge in [-0.1, -0.05) is 0 Å². The zero-order chi connectivity index (χ0) is 9.00. The highest BCUT2D eigenvalue weighted by atomic mass is 16.2. The van der Waals surface area contributed by atoms with Gasteiger partial charge in [-0.2, -0.15) is 0 Å². The first kappa shape index (κ1) is 7.80. The van der Waals surface area contributed by atoms with Gasteiger partial charge < -0.3 is 4.90 Å². The van der Waals surface area contributed by atoms with E-state index in [0.717, 1.165) is 18.9 Å². The van der Waals surface area contributed by atoms with Crippen molar-refractivity contribution in [1.29, 1.82) is 0 Å². The van der Waals surface area contributed by atoms with Crippen LogP contribution < -0.4 is 0 Å². The van der Waals surface area contributed by atoms with E-state index >= 15 is 0 Å². The monoisotopic (exact) mass is 180 g/mol. The van der Waals surface area contributed by atoms with Crippen LogP contribution >= 0.6 is 0 Å². The summed E-state index contributed by atoms with van der Waals surface area (Å²) in [6, 6.07) is 0.246. The highest BCUT2D eigenvalue weighted by Gasteiger charge is 2.51. The van der Waals surface area contributed by atoms with E-state index in [0.29, 0.717) is 12.1 Å². The van der Waals surface area contributed by atoms with Crippen molar-refractivity contribution in [3.8, 4) is 0 Å². The van der Waals surface area contributed by atoms with Gasteiger partial charge >= 0.3 is 0 Å². The molecule has 2 saturated heterocycles. The molecule has 72 valence electrons. The maximum absolute atomic E-state index is 11.8. The van der Waals surface area contributed by atoms with E-state index in [1.165, 1.54) is 19.3 Å². The minimum atomic E-state index is 0.246. The summed E-state index contributed by atoms with van der Waals surface area (Å²) in [5, 5.41) is 0. The second kappa shape index (κ2) is 2.47. The van der Waals surface area contributed by atoms with Crippen LogP contribution in [0, 0.1) is 5.92 Å². The lowest BCUT2D eigenvalue weighted by molar-refractivity contribution is -0.129. The third-order valence-electron chi connectivity index (χ3n) is 3.71. The lowest BCUT2D eigenvalue weighted by Crippen LogP contribution is -2.39. The maximum atomic E-state index is 11.8. The summed E-state index contributed by atoms with van der Waals surface area (Å²) < 4.78 is 0. The van der Waals surface area contributed by atoms with Gasteiger partial charge in [-0.15, -0.1) is 0 Å². The molecule has 3 heteroatoms. The number of likely N-dealkylation sites (N-methyl/N-ethyl adjacent to an activating group) is 1. The molecule has 3 aliphatic rings. The highest BCUT2D eigenvalue weighted by Crippen LogP contribution is 2.42. The first-order valence-electron chi connectivity index (χ1n) is 5.31. The van der Waals surface area contributed by atoms with Crippen LogP contribution in [0.15, 0.2) is 0 Å². The molecule has 0 aromatic heterocycles. The van der Waals surface area contributed by atoms with Gasteiger partial charge in [-0.25, -0.2) is 0 Å². The number of fused-ring (bicyclic) bond motifs is 1. The molecule has 0 radical (unpaired) electrons. The Balaban J connectivity index is 1.89. The molecule has 0 aromatic rings. The molecule has 13 heavy (non-hydrogen) atoms. The van der Waals surface area contributed by atoms with Crippen molar-refractivity contribution in [3.05, 3.63) is 0 Å². The third-order valence-corrected chi connectivity index (χ3v) is 3.71. The molecule has 0 spiro atoms. The minimum absolute atomic E-state index is 0.246. The van der Waals surface area contributed by atoms with E-state index in [4.69, 9.17) is 0 Å². The van der Waals surface area contributed by atoms with Gasteiger partial charge in [0.05, 0.1) is 12.2 Å². The molecule has 1 saturated carbocycles. The fraction of sp³-hybridized carbons (Fsp3) is 0.900. The average molecular weight is 180 g/mol. The number of rotatable bonds is 1. The Labute approximate surface area is 78.7 Å². The van der Waals surface area contributed by atoms with E-state index in [1.54, 1.807) is 0 Å². The van der Waals surface area contributed by atoms with Crippen LogP contribution in [-0.2, 0) is 4.79 Å². The normalized spacial score (nSPS) is 40.1. The number of hydrogen-bond donors (Lipinski definition) is 0. The molecule has 2 unspecified atom stereocenters. The van der Waals surface area contributed by atoms with Crippen molar-refractivity contribution in [3.63, 3.8) is 0 Å². The van der Waals surface area contributed by atoms with Crippen LogP contribution in [0.3, 0.4) is 0 Å². The Bertz CT molecular complexity index is 249. The smallest absolute Gasteiger partial charge is 0.240 e. The van der Waals surface area contributed by atoms with Gasteiger partial charge in [0.2, 0.25) is 5.91 Å². The van der Waals surface area contributed by atoms with Gasteiger partial charge in [-0.05, 0) is 31.6 Å². The standard InChI is InChI=1S/C10H16N2O/c1-11-9(7-4-5-7)12-6-2-3-8(12)10(11)13/h7-9H,2-6H2,1H3. The molecular weight excluding hydrogens is 164 g/mol. The topological polar surface area (TPSA) is 23.6 Å². The summed E-state index contributed by atoms with van der Waals surface area (Å²) in [6.07, 6.45) is 5.41. The van der Waals surface area contributed by atoms with Crippen LogP contribution in [0.1, 0.15) is 25.7 Å². The first-order chi connectivity index (χ1) is 6.29. The van der Waals surface area contributed by atoms with Gasteiger partial charge in [0.1, 0.15) is 0 Å². The first-order valence-corrected chi connectivity index (χ1v) is 5.31. The number of hydrogen-bond acceptors (Lipinski definition) is 2. The average Bonchev–Trinajstić information content (AvgIpc) is 2.77. The SMILES string of the molecule is CN1C(=O)C2CCCN2C1C1CC1. The van der Waals surface area contributed by atoms with Gasteiger partial charge in [0.25, 0.3) is 0 Å². The Morgan fingerprint density at radius 2 is 2.08 bits per heavy atom. The molecule has 3 rings (SSSR count). The molecule has 2 heterocycles. The van der Waals surface area contributed by atoms with Gasteiger partial charge in [0, 0.05) is 13.6 Å². The van der Waals surface area contributed by atoms with Crippen LogP contribution in [-0.4, -0.2) is 41.5 Å². The lowest BCUT2D eigenvalue weighted by Gasteiger charge is -2.26. The predicted octanol–water partition coefficient (Wildman–Crippen LogP) is 0.659. The summed E-state index contributed by atoms with van der Waals surface area (Å²) in [6.45, 7) is 1.14. The summed E-state index contributed by atoms with van der Waals surface area (Å²) in [5.74, 6) is 1.16. The number of carbonyl (C=O) groups is 1. The maximum Gasteiger partial charge on any atom is 0.240 e. The quantitative estimate of drug-likeness (QED) is 0.592. The van der Waals surface area contributed by atoms with E-state index in [2.05, 4.69) is 4.90 Å². The predicted molar refractivity (Wildman–Crippen MR) is 49.0 cm³/mol. The zero-order valence-corrected chi connectivity index (χ0v) is 8.07. The van der Waals surface area contributed by atoms with Crippen LogP contribution in [0.2, 0.25) is 0 Å². The summed E-state index contributed by atoms with van der Waals surface area (Å²) >= 11 is 0. The lowest BCUT2D eigenvalue weighted by atomic mass is 10.2. The molecule has 2 aliphatic heterocycles. The largest absolute Gasteiger partial charge is 0.328 e. The van der Waals surface area contributed by atoms with Crippen molar-refractivity contribution in [2.24, 2.45) is 5.92 Å². The molecule has 1 amide bonds. The number of carbonyl (C=O) groups excluding carboxylic acids is 1. The van der Waals surface area contributed by atoms with E-state index < -0.39 is 0 Å². The van der Waals surface area contributed by atoms with Crippen LogP contribution in [0.4, 0.5) is 0 Å². The second-order valence-corrected chi connectivity index (χ2v) is 4.60. The number of nitrogens with zero attached hydrogens (tertiary/aromatic N) is 2.